The van der Waals surface area contributed by atoms with Crippen LogP contribution < -0.4 is 0 Å². The van der Waals surface area contributed by atoms with Gasteiger partial charge in [-0.1, -0.05) is 20.8 Å². The van der Waals surface area contributed by atoms with E-state index in [9.17, 15) is 0 Å². The first-order chi connectivity index (χ1) is 6.48. The summed E-state index contributed by atoms with van der Waals surface area (Å²) in [6, 6.07) is 0. The summed E-state index contributed by atoms with van der Waals surface area (Å²) in [7, 11) is 2.05. The van der Waals surface area contributed by atoms with Crippen molar-refractivity contribution in [3.63, 3.8) is 0 Å². The van der Waals surface area contributed by atoms with Crippen LogP contribution in [0.25, 0.3) is 0 Å². The molecule has 0 bridgehead atoms. The van der Waals surface area contributed by atoms with E-state index in [1.54, 1.807) is 0 Å². The maximum absolute atomic E-state index is 4.33. The molecular weight excluding hydrogens is 172 g/mol. The van der Waals surface area contributed by atoms with E-state index < -0.39 is 0 Å². The molecule has 0 N–H and O–H groups in total. The third kappa shape index (κ3) is 1.58. The van der Waals surface area contributed by atoms with E-state index in [1.807, 2.05) is 10.9 Å². The highest BCUT2D eigenvalue weighted by Crippen LogP contribution is 2.36. The van der Waals surface area contributed by atoms with Crippen molar-refractivity contribution in [2.24, 2.45) is 18.4 Å². The molecule has 78 valence electrons. The normalized spacial score (nSPS) is 22.1. The van der Waals surface area contributed by atoms with Gasteiger partial charge in [-0.15, -0.1) is 0 Å². The first-order valence-corrected chi connectivity index (χ1v) is 5.48. The Kier molecular flexibility index (Phi) is 2.17. The van der Waals surface area contributed by atoms with Gasteiger partial charge in [0, 0.05) is 12.7 Å². The van der Waals surface area contributed by atoms with E-state index in [0.717, 1.165) is 5.92 Å². The molecule has 2 rings (SSSR count). The van der Waals surface area contributed by atoms with Crippen molar-refractivity contribution < 1.29 is 0 Å². The number of fused-ring (bicyclic) bond motifs is 1. The second kappa shape index (κ2) is 3.11. The van der Waals surface area contributed by atoms with E-state index in [-0.39, 0.29) is 0 Å². The largest absolute Gasteiger partial charge is 0.272 e. The third-order valence-corrected chi connectivity index (χ3v) is 3.57. The summed E-state index contributed by atoms with van der Waals surface area (Å²) in [6.45, 7) is 7.04. The Morgan fingerprint density at radius 2 is 2.14 bits per heavy atom. The molecule has 0 saturated heterocycles. The third-order valence-electron chi connectivity index (χ3n) is 3.57. The molecule has 0 aliphatic heterocycles. The predicted octanol–water partition coefficient (Wildman–Crippen LogP) is 2.57. The van der Waals surface area contributed by atoms with Crippen LogP contribution in [0.2, 0.25) is 0 Å². The molecule has 1 aliphatic carbocycles. The molecule has 0 spiro atoms. The van der Waals surface area contributed by atoms with Gasteiger partial charge in [0.25, 0.3) is 0 Å². The molecule has 0 aromatic carbocycles. The minimum Gasteiger partial charge on any atom is -0.272 e. The summed E-state index contributed by atoms with van der Waals surface area (Å²) in [6.07, 6.45) is 5.78. The van der Waals surface area contributed by atoms with Gasteiger partial charge in [0.2, 0.25) is 0 Å². The number of hydrogen-bond donors (Lipinski definition) is 0. The highest BCUT2D eigenvalue weighted by atomic mass is 15.3. The Morgan fingerprint density at radius 1 is 1.43 bits per heavy atom. The van der Waals surface area contributed by atoms with Gasteiger partial charge in [-0.05, 0) is 36.2 Å². The Balaban J connectivity index is 2.22. The topological polar surface area (TPSA) is 17.8 Å². The average molecular weight is 192 g/mol. The van der Waals surface area contributed by atoms with Gasteiger partial charge < -0.3 is 0 Å². The van der Waals surface area contributed by atoms with Gasteiger partial charge in [0.15, 0.2) is 0 Å². The minimum absolute atomic E-state index is 0.438. The maximum atomic E-state index is 4.33. The van der Waals surface area contributed by atoms with Gasteiger partial charge in [0.05, 0.1) is 6.20 Å². The van der Waals surface area contributed by atoms with E-state index in [2.05, 4.69) is 32.9 Å². The van der Waals surface area contributed by atoms with Crippen LogP contribution >= 0.6 is 0 Å². The number of hydrogen-bond acceptors (Lipinski definition) is 1. The van der Waals surface area contributed by atoms with Crippen LogP contribution in [0.5, 0.6) is 0 Å². The standard InChI is InChI=1S/C12H20N2/c1-12(2,3)10-5-6-11-9(7-10)8-13-14(11)4/h8,10H,5-7H2,1-4H3/t10-/m0/s1. The summed E-state index contributed by atoms with van der Waals surface area (Å²) < 4.78 is 2.04. The fourth-order valence-electron chi connectivity index (χ4n) is 2.42. The molecule has 0 amide bonds. The summed E-state index contributed by atoms with van der Waals surface area (Å²) in [4.78, 5) is 0. The van der Waals surface area contributed by atoms with Crippen molar-refractivity contribution in [1.29, 1.82) is 0 Å². The highest BCUT2D eigenvalue weighted by Gasteiger charge is 2.29. The Labute approximate surface area is 86.3 Å². The van der Waals surface area contributed by atoms with Gasteiger partial charge >= 0.3 is 0 Å². The van der Waals surface area contributed by atoms with Gasteiger partial charge in [0.1, 0.15) is 0 Å². The van der Waals surface area contributed by atoms with E-state index >= 15 is 0 Å². The van der Waals surface area contributed by atoms with Crippen LogP contribution in [0.1, 0.15) is 38.4 Å². The molecule has 0 fully saturated rings. The summed E-state index contributed by atoms with van der Waals surface area (Å²) >= 11 is 0. The highest BCUT2D eigenvalue weighted by molar-refractivity contribution is 5.21. The fraction of sp³-hybridized carbons (Fsp3) is 0.750. The quantitative estimate of drug-likeness (QED) is 0.617. The van der Waals surface area contributed by atoms with Crippen LogP contribution in [0, 0.1) is 11.3 Å². The lowest BCUT2D eigenvalue weighted by molar-refractivity contribution is 0.214. The molecule has 1 aromatic heterocycles. The lowest BCUT2D eigenvalue weighted by Gasteiger charge is -2.33. The molecule has 1 aliphatic rings. The SMILES string of the molecule is Cn1ncc2c1CC[C@H](C(C)(C)C)C2. The smallest absolute Gasteiger partial charge is 0.0524 e. The predicted molar refractivity (Wildman–Crippen MR) is 58.2 cm³/mol. The number of nitrogens with zero attached hydrogens (tertiary/aromatic N) is 2. The Hall–Kier alpha value is -0.790. The number of aromatic nitrogens is 2. The first-order valence-electron chi connectivity index (χ1n) is 5.48. The van der Waals surface area contributed by atoms with E-state index in [1.165, 1.54) is 30.5 Å². The van der Waals surface area contributed by atoms with Crippen LogP contribution in [0.3, 0.4) is 0 Å². The fourth-order valence-corrected chi connectivity index (χ4v) is 2.42. The molecule has 1 heterocycles. The lowest BCUT2D eigenvalue weighted by atomic mass is 9.72. The zero-order valence-electron chi connectivity index (χ0n) is 9.67. The van der Waals surface area contributed by atoms with Crippen LogP contribution in [-0.2, 0) is 19.9 Å². The van der Waals surface area contributed by atoms with E-state index in [0.29, 0.717) is 5.41 Å². The van der Waals surface area contributed by atoms with E-state index in [4.69, 9.17) is 0 Å². The maximum Gasteiger partial charge on any atom is 0.0524 e. The second-order valence-corrected chi connectivity index (χ2v) is 5.55. The summed E-state index contributed by atoms with van der Waals surface area (Å²) in [5, 5.41) is 4.33. The number of rotatable bonds is 0. The Bertz CT molecular complexity index is 331. The number of aryl methyl sites for hydroxylation is 1. The van der Waals surface area contributed by atoms with Crippen molar-refractivity contribution in [3.05, 3.63) is 17.5 Å². The van der Waals surface area contributed by atoms with Gasteiger partial charge in [-0.3, -0.25) is 4.68 Å². The van der Waals surface area contributed by atoms with Crippen molar-refractivity contribution >= 4 is 0 Å². The van der Waals surface area contributed by atoms with Crippen molar-refractivity contribution in [2.45, 2.75) is 40.0 Å². The van der Waals surface area contributed by atoms with Gasteiger partial charge in [-0.2, -0.15) is 5.10 Å². The van der Waals surface area contributed by atoms with Crippen LogP contribution in [0.15, 0.2) is 6.20 Å². The molecular formula is C12H20N2. The molecule has 1 aromatic rings. The molecule has 0 unspecified atom stereocenters. The average Bonchev–Trinajstić information content (AvgIpc) is 2.46. The molecule has 0 radical (unpaired) electrons. The van der Waals surface area contributed by atoms with Crippen molar-refractivity contribution in [3.8, 4) is 0 Å². The monoisotopic (exact) mass is 192 g/mol. The Morgan fingerprint density at radius 3 is 2.79 bits per heavy atom. The molecule has 2 nitrogen and oxygen atoms in total. The van der Waals surface area contributed by atoms with Crippen molar-refractivity contribution in [2.75, 3.05) is 0 Å². The van der Waals surface area contributed by atoms with Crippen molar-refractivity contribution in [1.82, 2.24) is 9.78 Å². The molecule has 0 saturated carbocycles. The summed E-state index contributed by atoms with van der Waals surface area (Å²) in [5.41, 5.74) is 3.36. The van der Waals surface area contributed by atoms with Gasteiger partial charge in [-0.25, -0.2) is 0 Å². The minimum atomic E-state index is 0.438. The second-order valence-electron chi connectivity index (χ2n) is 5.55. The zero-order chi connectivity index (χ0) is 10.3. The molecule has 1 atom stereocenters. The summed E-state index contributed by atoms with van der Waals surface area (Å²) in [5.74, 6) is 0.819. The zero-order valence-corrected chi connectivity index (χ0v) is 9.67. The lowest BCUT2D eigenvalue weighted by Crippen LogP contribution is -2.27. The first kappa shape index (κ1) is 9.75. The van der Waals surface area contributed by atoms with Crippen LogP contribution in [-0.4, -0.2) is 9.78 Å². The van der Waals surface area contributed by atoms with Crippen LogP contribution in [0.4, 0.5) is 0 Å². The molecule has 14 heavy (non-hydrogen) atoms. The molecule has 2 heteroatoms.